The topological polar surface area (TPSA) is 85.7 Å². The molecule has 2 amide bonds. The third kappa shape index (κ3) is 4.96. The van der Waals surface area contributed by atoms with Gasteiger partial charge in [0.15, 0.2) is 5.69 Å². The molecule has 0 aliphatic carbocycles. The Bertz CT molecular complexity index is 1140. The van der Waals surface area contributed by atoms with Crippen LogP contribution in [0, 0.1) is 0 Å². The number of urea groups is 1. The maximum absolute atomic E-state index is 12.8. The monoisotopic (exact) mass is 468 g/mol. The Kier molecular flexibility index (Phi) is 6.84. The molecule has 0 saturated heterocycles. The van der Waals surface area contributed by atoms with Gasteiger partial charge in [0.05, 0.1) is 31.6 Å². The van der Waals surface area contributed by atoms with Gasteiger partial charge in [0, 0.05) is 30.1 Å². The first-order chi connectivity index (χ1) is 16.0. The Hall–Kier alpha value is -3.52. The van der Waals surface area contributed by atoms with E-state index in [0.717, 1.165) is 22.7 Å². The summed E-state index contributed by atoms with van der Waals surface area (Å²) in [6, 6.07) is 14.6. The summed E-state index contributed by atoms with van der Waals surface area (Å²) >= 11 is 5.92. The second-order valence-corrected chi connectivity index (χ2v) is 8.00. The van der Waals surface area contributed by atoms with Crippen molar-refractivity contribution in [2.75, 3.05) is 20.3 Å². The minimum atomic E-state index is -0.496. The number of carbonyl (C=O) groups excluding carboxylic acids is 2. The predicted molar refractivity (Wildman–Crippen MR) is 124 cm³/mol. The fraction of sp³-hybridized carbons (Fsp3) is 0.292. The molecule has 9 heteroatoms. The number of carbonyl (C=O) groups is 2. The number of esters is 1. The average molecular weight is 469 g/mol. The Morgan fingerprint density at radius 1 is 1.12 bits per heavy atom. The average Bonchev–Trinajstić information content (AvgIpc) is 3.22. The molecule has 2 aromatic carbocycles. The molecule has 172 valence electrons. The molecular weight excluding hydrogens is 444 g/mol. The highest BCUT2D eigenvalue weighted by Crippen LogP contribution is 2.27. The lowest BCUT2D eigenvalue weighted by molar-refractivity contribution is 0.0516. The van der Waals surface area contributed by atoms with E-state index in [4.69, 9.17) is 21.1 Å². The molecule has 3 aromatic rings. The summed E-state index contributed by atoms with van der Waals surface area (Å²) in [5.74, 6) is 0.235. The quantitative estimate of drug-likeness (QED) is 0.553. The SMILES string of the molecule is CCOC(=O)c1nn(-c2ccc(OC)cc2)c2c1CN(C(=O)NCc1ccc(Cl)cc1)CC2. The van der Waals surface area contributed by atoms with Crippen LogP contribution in [0.25, 0.3) is 5.69 Å². The van der Waals surface area contributed by atoms with Crippen molar-refractivity contribution < 1.29 is 19.1 Å². The van der Waals surface area contributed by atoms with Gasteiger partial charge in [0.25, 0.3) is 0 Å². The van der Waals surface area contributed by atoms with Gasteiger partial charge in [-0.2, -0.15) is 5.10 Å². The van der Waals surface area contributed by atoms with Crippen molar-refractivity contribution in [2.45, 2.75) is 26.4 Å². The van der Waals surface area contributed by atoms with Crippen molar-refractivity contribution in [2.24, 2.45) is 0 Å². The molecule has 0 saturated carbocycles. The highest BCUT2D eigenvalue weighted by Gasteiger charge is 2.31. The van der Waals surface area contributed by atoms with Crippen molar-refractivity contribution in [3.05, 3.63) is 76.1 Å². The number of rotatable bonds is 6. The molecule has 0 bridgehead atoms. The Morgan fingerprint density at radius 2 is 1.85 bits per heavy atom. The second kappa shape index (κ2) is 9.95. The molecule has 0 spiro atoms. The van der Waals surface area contributed by atoms with Crippen LogP contribution in [0.2, 0.25) is 5.02 Å². The number of fused-ring (bicyclic) bond motifs is 1. The molecule has 8 nitrogen and oxygen atoms in total. The molecule has 1 aromatic heterocycles. The highest BCUT2D eigenvalue weighted by atomic mass is 35.5. The lowest BCUT2D eigenvalue weighted by Crippen LogP contribution is -2.42. The largest absolute Gasteiger partial charge is 0.497 e. The molecule has 1 aliphatic rings. The number of ether oxygens (including phenoxy) is 2. The first-order valence-corrected chi connectivity index (χ1v) is 11.1. The number of halogens is 1. The van der Waals surface area contributed by atoms with Crippen molar-refractivity contribution in [1.29, 1.82) is 0 Å². The summed E-state index contributed by atoms with van der Waals surface area (Å²) < 4.78 is 12.2. The lowest BCUT2D eigenvalue weighted by Gasteiger charge is -2.28. The molecule has 33 heavy (non-hydrogen) atoms. The molecule has 2 heterocycles. The third-order valence-electron chi connectivity index (χ3n) is 5.49. The maximum atomic E-state index is 12.8. The maximum Gasteiger partial charge on any atom is 0.359 e. The van der Waals surface area contributed by atoms with E-state index >= 15 is 0 Å². The normalized spacial score (nSPS) is 12.8. The van der Waals surface area contributed by atoms with Gasteiger partial charge in [-0.05, 0) is 48.9 Å². The zero-order valence-electron chi connectivity index (χ0n) is 18.5. The molecule has 0 atom stereocenters. The number of nitrogens with one attached hydrogen (secondary N) is 1. The van der Waals surface area contributed by atoms with Gasteiger partial charge < -0.3 is 19.7 Å². The second-order valence-electron chi connectivity index (χ2n) is 7.56. The van der Waals surface area contributed by atoms with Gasteiger partial charge in [-0.25, -0.2) is 14.3 Å². The van der Waals surface area contributed by atoms with Crippen molar-refractivity contribution >= 4 is 23.6 Å². The van der Waals surface area contributed by atoms with Gasteiger partial charge >= 0.3 is 12.0 Å². The molecule has 0 fully saturated rings. The van der Waals surface area contributed by atoms with Crippen LogP contribution in [0.1, 0.15) is 34.2 Å². The van der Waals surface area contributed by atoms with Gasteiger partial charge in [-0.15, -0.1) is 0 Å². The van der Waals surface area contributed by atoms with E-state index in [-0.39, 0.29) is 24.9 Å². The predicted octanol–water partition coefficient (Wildman–Crippen LogP) is 3.98. The van der Waals surface area contributed by atoms with Gasteiger partial charge in [-0.1, -0.05) is 23.7 Å². The van der Waals surface area contributed by atoms with E-state index < -0.39 is 5.97 Å². The minimum absolute atomic E-state index is 0.206. The summed E-state index contributed by atoms with van der Waals surface area (Å²) in [4.78, 5) is 27.1. The Balaban J connectivity index is 1.56. The highest BCUT2D eigenvalue weighted by molar-refractivity contribution is 6.30. The van der Waals surface area contributed by atoms with Crippen LogP contribution < -0.4 is 10.1 Å². The zero-order chi connectivity index (χ0) is 23.4. The van der Waals surface area contributed by atoms with E-state index in [1.165, 1.54) is 0 Å². The summed E-state index contributed by atoms with van der Waals surface area (Å²) in [6.45, 7) is 3.15. The molecular formula is C24H25ClN4O4. The lowest BCUT2D eigenvalue weighted by atomic mass is 10.0. The number of hydrogen-bond donors (Lipinski definition) is 1. The Morgan fingerprint density at radius 3 is 2.52 bits per heavy atom. The fourth-order valence-electron chi connectivity index (χ4n) is 3.78. The smallest absolute Gasteiger partial charge is 0.359 e. The summed E-state index contributed by atoms with van der Waals surface area (Å²) in [5.41, 5.74) is 3.59. The molecule has 0 unspecified atom stereocenters. The summed E-state index contributed by atoms with van der Waals surface area (Å²) in [6.07, 6.45) is 0.558. The van der Waals surface area contributed by atoms with Crippen molar-refractivity contribution in [3.63, 3.8) is 0 Å². The molecule has 4 rings (SSSR count). The first-order valence-electron chi connectivity index (χ1n) is 10.7. The van der Waals surface area contributed by atoms with E-state index in [0.29, 0.717) is 30.1 Å². The van der Waals surface area contributed by atoms with Crippen LogP contribution in [-0.2, 0) is 24.2 Å². The van der Waals surface area contributed by atoms with E-state index in [1.807, 2.05) is 36.4 Å². The van der Waals surface area contributed by atoms with E-state index in [9.17, 15) is 9.59 Å². The summed E-state index contributed by atoms with van der Waals surface area (Å²) in [5, 5.41) is 8.14. The fourth-order valence-corrected chi connectivity index (χ4v) is 3.91. The number of nitrogens with zero attached hydrogens (tertiary/aromatic N) is 3. The van der Waals surface area contributed by atoms with Crippen LogP contribution in [0.4, 0.5) is 4.79 Å². The van der Waals surface area contributed by atoms with Crippen LogP contribution in [0.3, 0.4) is 0 Å². The Labute approximate surface area is 197 Å². The standard InChI is InChI=1S/C24H25ClN4O4/c1-3-33-23(30)22-20-15-28(24(31)26-14-16-4-6-17(25)7-5-16)13-12-21(20)29(27-22)18-8-10-19(32-2)11-9-18/h4-11H,3,12-15H2,1-2H3,(H,26,31). The first kappa shape index (κ1) is 22.7. The van der Waals surface area contributed by atoms with Crippen molar-refractivity contribution in [3.8, 4) is 11.4 Å². The number of aromatic nitrogens is 2. The van der Waals surface area contributed by atoms with E-state index in [2.05, 4.69) is 10.4 Å². The van der Waals surface area contributed by atoms with Gasteiger partial charge in [-0.3, -0.25) is 0 Å². The van der Waals surface area contributed by atoms with Crippen LogP contribution >= 0.6 is 11.6 Å². The molecule has 1 N–H and O–H groups in total. The van der Waals surface area contributed by atoms with Gasteiger partial charge in [0.1, 0.15) is 5.75 Å². The molecule has 1 aliphatic heterocycles. The molecule has 0 radical (unpaired) electrons. The number of benzene rings is 2. The van der Waals surface area contributed by atoms with Gasteiger partial charge in [0.2, 0.25) is 0 Å². The number of methoxy groups -OCH3 is 1. The third-order valence-corrected chi connectivity index (χ3v) is 5.74. The zero-order valence-corrected chi connectivity index (χ0v) is 19.3. The van der Waals surface area contributed by atoms with Crippen molar-refractivity contribution in [1.82, 2.24) is 20.0 Å². The van der Waals surface area contributed by atoms with Crippen LogP contribution in [-0.4, -0.2) is 46.9 Å². The van der Waals surface area contributed by atoms with Crippen LogP contribution in [0.15, 0.2) is 48.5 Å². The number of amides is 2. The van der Waals surface area contributed by atoms with Crippen LogP contribution in [0.5, 0.6) is 5.75 Å². The summed E-state index contributed by atoms with van der Waals surface area (Å²) in [7, 11) is 1.61. The number of hydrogen-bond acceptors (Lipinski definition) is 5. The van der Waals surface area contributed by atoms with E-state index in [1.54, 1.807) is 35.7 Å². The minimum Gasteiger partial charge on any atom is -0.497 e.